The number of amides is 4. The zero-order valence-corrected chi connectivity index (χ0v) is 19.0. The highest BCUT2D eigenvalue weighted by Gasteiger charge is 2.37. The van der Waals surface area contributed by atoms with Gasteiger partial charge in [-0.3, -0.25) is 19.2 Å². The van der Waals surface area contributed by atoms with E-state index < -0.39 is 23.6 Å². The van der Waals surface area contributed by atoms with Crippen molar-refractivity contribution in [3.63, 3.8) is 0 Å². The zero-order valence-electron chi connectivity index (χ0n) is 19.0. The second-order valence-corrected chi connectivity index (χ2v) is 8.37. The molecule has 0 radical (unpaired) electrons. The zero-order chi connectivity index (χ0) is 25.7. The Morgan fingerprint density at radius 2 is 1.00 bits per heavy atom. The average molecular weight is 485 g/mol. The Labute approximate surface area is 210 Å². The second kappa shape index (κ2) is 8.29. The molecule has 8 nitrogen and oxygen atoms in total. The lowest BCUT2D eigenvalue weighted by atomic mass is 10.1. The number of imide groups is 2. The van der Waals surface area contributed by atoms with Crippen LogP contribution in [0.2, 0.25) is 0 Å². The third-order valence-corrected chi connectivity index (χ3v) is 6.25. The fourth-order valence-electron chi connectivity index (χ4n) is 4.47. The number of anilines is 2. The first-order chi connectivity index (χ1) is 18.0. The highest BCUT2D eigenvalue weighted by atomic mass is 16.5. The van der Waals surface area contributed by atoms with Crippen LogP contribution in [-0.4, -0.2) is 23.6 Å². The highest BCUT2D eigenvalue weighted by molar-refractivity contribution is 6.35. The van der Waals surface area contributed by atoms with Crippen LogP contribution in [0.3, 0.4) is 0 Å². The largest absolute Gasteiger partial charge is 0.456 e. The number of fused-ring (bicyclic) bond motifs is 2. The lowest BCUT2D eigenvalue weighted by Crippen LogP contribution is -2.29. The van der Waals surface area contributed by atoms with E-state index in [1.807, 2.05) is 6.07 Å². The topological polar surface area (TPSA) is 108 Å². The normalized spacial score (nSPS) is 14.0. The van der Waals surface area contributed by atoms with Crippen molar-refractivity contribution in [2.75, 3.05) is 9.80 Å². The van der Waals surface area contributed by atoms with Crippen molar-refractivity contribution in [3.05, 3.63) is 119 Å². The van der Waals surface area contributed by atoms with Gasteiger partial charge in [0.15, 0.2) is 0 Å². The van der Waals surface area contributed by atoms with Crippen LogP contribution >= 0.6 is 0 Å². The fraction of sp³-hybridized carbons (Fsp3) is 0. The molecule has 176 valence electrons. The third kappa shape index (κ3) is 3.38. The number of nitrogens with zero attached hydrogens (tertiary/aromatic N) is 3. The molecular formula is C29H15N3O5. The molecule has 0 aliphatic carbocycles. The molecule has 0 N–H and O–H groups in total. The summed E-state index contributed by atoms with van der Waals surface area (Å²) in [6.07, 6.45) is 0. The van der Waals surface area contributed by atoms with E-state index in [1.54, 1.807) is 72.8 Å². The number of nitriles is 1. The Morgan fingerprint density at radius 1 is 0.568 bits per heavy atom. The summed E-state index contributed by atoms with van der Waals surface area (Å²) in [7, 11) is 0. The maximum Gasteiger partial charge on any atom is 0.266 e. The van der Waals surface area contributed by atoms with Crippen molar-refractivity contribution in [2.45, 2.75) is 0 Å². The van der Waals surface area contributed by atoms with Crippen LogP contribution in [0.5, 0.6) is 11.5 Å². The molecule has 2 aliphatic heterocycles. The number of ether oxygens (including phenoxy) is 1. The Kier molecular flexibility index (Phi) is 4.92. The van der Waals surface area contributed by atoms with Gasteiger partial charge in [-0.2, -0.15) is 5.26 Å². The van der Waals surface area contributed by atoms with Gasteiger partial charge in [-0.15, -0.1) is 0 Å². The Balaban J connectivity index is 1.24. The maximum absolute atomic E-state index is 12.8. The minimum absolute atomic E-state index is 0.124. The number of rotatable bonds is 4. The molecule has 0 aromatic heterocycles. The lowest BCUT2D eigenvalue weighted by molar-refractivity contribution is 0.0910. The van der Waals surface area contributed by atoms with Gasteiger partial charge < -0.3 is 4.74 Å². The van der Waals surface area contributed by atoms with Crippen LogP contribution in [0.15, 0.2) is 91.0 Å². The summed E-state index contributed by atoms with van der Waals surface area (Å²) in [6, 6.07) is 26.0. The molecule has 0 saturated heterocycles. The Hall–Kier alpha value is -5.55. The molecule has 0 bridgehead atoms. The smallest absolute Gasteiger partial charge is 0.266 e. The lowest BCUT2D eigenvalue weighted by Gasteiger charge is -2.16. The summed E-state index contributed by atoms with van der Waals surface area (Å²) in [6.45, 7) is 0. The second-order valence-electron chi connectivity index (χ2n) is 8.37. The monoisotopic (exact) mass is 485 g/mol. The number of hydrogen-bond donors (Lipinski definition) is 0. The predicted octanol–water partition coefficient (Wildman–Crippen LogP) is 4.95. The molecule has 4 aromatic rings. The molecule has 6 rings (SSSR count). The average Bonchev–Trinajstić information content (AvgIpc) is 3.34. The summed E-state index contributed by atoms with van der Waals surface area (Å²) in [5.41, 5.74) is 2.10. The third-order valence-electron chi connectivity index (χ3n) is 6.25. The standard InChI is InChI=1S/C29H15N3O5/c30-16-17-15-19(32-28(35)23-7-3-4-8-24(23)29(32)36)11-14-25(17)37-20-12-9-18(10-13-20)31-26(33)21-5-1-2-6-22(21)27(31)34/h1-15H. The minimum Gasteiger partial charge on any atom is -0.456 e. The van der Waals surface area contributed by atoms with E-state index in [0.29, 0.717) is 33.7 Å². The van der Waals surface area contributed by atoms with Crippen LogP contribution in [0.25, 0.3) is 0 Å². The Morgan fingerprint density at radius 3 is 1.46 bits per heavy atom. The van der Waals surface area contributed by atoms with Crippen molar-refractivity contribution in [1.29, 1.82) is 5.26 Å². The quantitative estimate of drug-likeness (QED) is 0.379. The van der Waals surface area contributed by atoms with E-state index >= 15 is 0 Å². The van der Waals surface area contributed by atoms with Crippen molar-refractivity contribution < 1.29 is 23.9 Å². The molecule has 8 heteroatoms. The van der Waals surface area contributed by atoms with Crippen molar-refractivity contribution >= 4 is 35.0 Å². The van der Waals surface area contributed by atoms with Crippen LogP contribution in [0.4, 0.5) is 11.4 Å². The molecule has 0 unspecified atom stereocenters. The summed E-state index contributed by atoms with van der Waals surface area (Å²) in [5, 5.41) is 9.70. The van der Waals surface area contributed by atoms with E-state index in [4.69, 9.17) is 4.74 Å². The van der Waals surface area contributed by atoms with Gasteiger partial charge in [-0.25, -0.2) is 9.80 Å². The molecule has 4 aromatic carbocycles. The van der Waals surface area contributed by atoms with Crippen LogP contribution in [0, 0.1) is 11.3 Å². The summed E-state index contributed by atoms with van der Waals surface area (Å²) >= 11 is 0. The number of carbonyl (C=O) groups is 4. The fourth-order valence-corrected chi connectivity index (χ4v) is 4.47. The van der Waals surface area contributed by atoms with E-state index in [9.17, 15) is 24.4 Å². The highest BCUT2D eigenvalue weighted by Crippen LogP contribution is 2.34. The van der Waals surface area contributed by atoms with Gasteiger partial charge in [0, 0.05) is 0 Å². The molecule has 0 saturated carbocycles. The van der Waals surface area contributed by atoms with Crippen LogP contribution in [-0.2, 0) is 0 Å². The molecule has 4 amide bonds. The molecule has 0 spiro atoms. The first kappa shape index (κ1) is 21.9. The van der Waals surface area contributed by atoms with Gasteiger partial charge in [0.05, 0.1) is 39.2 Å². The number of benzene rings is 4. The predicted molar refractivity (Wildman–Crippen MR) is 133 cm³/mol. The molecule has 37 heavy (non-hydrogen) atoms. The summed E-state index contributed by atoms with van der Waals surface area (Å²) < 4.78 is 5.87. The molecule has 2 aliphatic rings. The molecular weight excluding hydrogens is 470 g/mol. The molecule has 0 fully saturated rings. The number of carbonyl (C=O) groups excluding carboxylic acids is 4. The van der Waals surface area contributed by atoms with Gasteiger partial charge in [-0.1, -0.05) is 24.3 Å². The van der Waals surface area contributed by atoms with Crippen molar-refractivity contribution in [2.24, 2.45) is 0 Å². The van der Waals surface area contributed by atoms with Gasteiger partial charge >= 0.3 is 0 Å². The van der Waals surface area contributed by atoms with Crippen molar-refractivity contribution in [1.82, 2.24) is 0 Å². The summed E-state index contributed by atoms with van der Waals surface area (Å²) in [4.78, 5) is 53.1. The van der Waals surface area contributed by atoms with Crippen molar-refractivity contribution in [3.8, 4) is 17.6 Å². The van der Waals surface area contributed by atoms with E-state index in [2.05, 4.69) is 0 Å². The maximum atomic E-state index is 12.8. The SMILES string of the molecule is N#Cc1cc(N2C(=O)c3ccccc3C2=O)ccc1Oc1ccc(N2C(=O)c3ccccc3C2=O)cc1. The van der Waals surface area contributed by atoms with E-state index in [1.165, 1.54) is 18.2 Å². The van der Waals surface area contributed by atoms with E-state index in [-0.39, 0.29) is 17.0 Å². The van der Waals surface area contributed by atoms with Gasteiger partial charge in [0.25, 0.3) is 23.6 Å². The van der Waals surface area contributed by atoms with Crippen LogP contribution in [0.1, 0.15) is 47.0 Å². The van der Waals surface area contributed by atoms with E-state index in [0.717, 1.165) is 9.80 Å². The number of hydrogen-bond acceptors (Lipinski definition) is 6. The molecule has 2 heterocycles. The van der Waals surface area contributed by atoms with Crippen LogP contribution < -0.4 is 14.5 Å². The van der Waals surface area contributed by atoms with Gasteiger partial charge in [-0.05, 0) is 66.7 Å². The van der Waals surface area contributed by atoms with Gasteiger partial charge in [0.1, 0.15) is 17.6 Å². The minimum atomic E-state index is -0.457. The first-order valence-electron chi connectivity index (χ1n) is 11.3. The Bertz CT molecular complexity index is 1630. The molecule has 0 atom stereocenters. The van der Waals surface area contributed by atoms with Gasteiger partial charge in [0.2, 0.25) is 0 Å². The first-order valence-corrected chi connectivity index (χ1v) is 11.3. The summed E-state index contributed by atoms with van der Waals surface area (Å²) in [5.74, 6) is -1.12.